The zero-order valence-corrected chi connectivity index (χ0v) is 18.4. The molecule has 0 bridgehead atoms. The summed E-state index contributed by atoms with van der Waals surface area (Å²) in [6.07, 6.45) is -3.36. The molecule has 0 aliphatic heterocycles. The van der Waals surface area contributed by atoms with Gasteiger partial charge in [-0.3, -0.25) is 4.79 Å². The van der Waals surface area contributed by atoms with Crippen molar-refractivity contribution in [3.63, 3.8) is 0 Å². The van der Waals surface area contributed by atoms with Crippen molar-refractivity contribution in [2.75, 3.05) is 18.7 Å². The SMILES string of the molecule is COC(=O)c1ccccc1C(=O)OCC(=O)N(/N=C/c1ccccc1)c1cccc(C(F)(F)F)c1. The van der Waals surface area contributed by atoms with E-state index in [1.54, 1.807) is 30.3 Å². The number of benzene rings is 3. The van der Waals surface area contributed by atoms with Gasteiger partial charge in [0.1, 0.15) is 0 Å². The van der Waals surface area contributed by atoms with E-state index in [0.29, 0.717) is 10.6 Å². The fourth-order valence-corrected chi connectivity index (χ4v) is 2.97. The highest BCUT2D eigenvalue weighted by molar-refractivity contribution is 6.04. The van der Waals surface area contributed by atoms with E-state index in [9.17, 15) is 27.6 Å². The second-order valence-corrected chi connectivity index (χ2v) is 7.02. The number of hydrogen-bond donors (Lipinski definition) is 0. The van der Waals surface area contributed by atoms with Crippen LogP contribution in [0.15, 0.2) is 84.0 Å². The minimum atomic E-state index is -4.64. The van der Waals surface area contributed by atoms with Crippen LogP contribution in [0.5, 0.6) is 0 Å². The third-order valence-corrected chi connectivity index (χ3v) is 4.66. The number of rotatable bonds is 7. The molecule has 0 radical (unpaired) electrons. The molecule has 0 aliphatic rings. The Bertz CT molecular complexity index is 1240. The van der Waals surface area contributed by atoms with Gasteiger partial charge in [0.15, 0.2) is 6.61 Å². The molecule has 3 rings (SSSR count). The van der Waals surface area contributed by atoms with Crippen molar-refractivity contribution in [1.82, 2.24) is 0 Å². The number of alkyl halides is 3. The summed E-state index contributed by atoms with van der Waals surface area (Å²) in [5, 5.41) is 4.73. The van der Waals surface area contributed by atoms with Crippen molar-refractivity contribution < 1.29 is 37.0 Å². The average molecular weight is 484 g/mol. The normalized spacial score (nSPS) is 11.2. The van der Waals surface area contributed by atoms with E-state index < -0.39 is 36.2 Å². The van der Waals surface area contributed by atoms with Crippen LogP contribution in [0.25, 0.3) is 0 Å². The van der Waals surface area contributed by atoms with Crippen LogP contribution in [0.3, 0.4) is 0 Å². The molecule has 0 saturated heterocycles. The highest BCUT2D eigenvalue weighted by atomic mass is 19.4. The van der Waals surface area contributed by atoms with Crippen LogP contribution in [0.1, 0.15) is 31.8 Å². The average Bonchev–Trinajstić information content (AvgIpc) is 2.87. The fourth-order valence-electron chi connectivity index (χ4n) is 2.97. The van der Waals surface area contributed by atoms with Gasteiger partial charge < -0.3 is 9.47 Å². The second kappa shape index (κ2) is 11.1. The van der Waals surface area contributed by atoms with Crippen molar-refractivity contribution in [2.24, 2.45) is 5.10 Å². The Morgan fingerprint density at radius 1 is 0.886 bits per heavy atom. The van der Waals surface area contributed by atoms with Crippen LogP contribution in [0.4, 0.5) is 18.9 Å². The van der Waals surface area contributed by atoms with Crippen molar-refractivity contribution >= 4 is 29.7 Å². The first-order valence-corrected chi connectivity index (χ1v) is 10.1. The molecule has 0 spiro atoms. The molecule has 3 aromatic rings. The van der Waals surface area contributed by atoms with E-state index in [1.807, 2.05) is 0 Å². The van der Waals surface area contributed by atoms with Crippen LogP contribution in [0.2, 0.25) is 0 Å². The van der Waals surface area contributed by atoms with Gasteiger partial charge in [-0.1, -0.05) is 48.5 Å². The molecule has 0 aromatic heterocycles. The molecule has 0 unspecified atom stereocenters. The third-order valence-electron chi connectivity index (χ3n) is 4.66. The summed E-state index contributed by atoms with van der Waals surface area (Å²) in [6.45, 7) is -0.850. The highest BCUT2D eigenvalue weighted by Gasteiger charge is 2.31. The molecule has 7 nitrogen and oxygen atoms in total. The lowest BCUT2D eigenvalue weighted by molar-refractivity contribution is -0.137. The van der Waals surface area contributed by atoms with Gasteiger partial charge in [-0.2, -0.15) is 23.3 Å². The summed E-state index contributed by atoms with van der Waals surface area (Å²) in [4.78, 5) is 37.3. The summed E-state index contributed by atoms with van der Waals surface area (Å²) >= 11 is 0. The molecule has 0 N–H and O–H groups in total. The predicted molar refractivity (Wildman–Crippen MR) is 121 cm³/mol. The number of amides is 1. The molecule has 0 atom stereocenters. The Morgan fingerprint density at radius 3 is 2.14 bits per heavy atom. The standard InChI is InChI=1S/C25H19F3N2O5/c1-34-23(32)20-12-5-6-13-21(20)24(33)35-16-22(31)30(29-15-17-8-3-2-4-9-17)19-11-7-10-18(14-19)25(26,27)28/h2-15H,16H2,1H3/b29-15+. The number of esters is 2. The maximum atomic E-state index is 13.2. The number of carbonyl (C=O) groups is 3. The first-order chi connectivity index (χ1) is 16.7. The molecule has 1 amide bonds. The zero-order chi connectivity index (χ0) is 25.4. The molecule has 0 fully saturated rings. The van der Waals surface area contributed by atoms with Gasteiger partial charge in [0.2, 0.25) is 0 Å². The minimum Gasteiger partial charge on any atom is -0.465 e. The first-order valence-electron chi connectivity index (χ1n) is 10.1. The number of hydrogen-bond acceptors (Lipinski definition) is 6. The van der Waals surface area contributed by atoms with E-state index >= 15 is 0 Å². The van der Waals surface area contributed by atoms with Crippen LogP contribution in [-0.4, -0.2) is 37.8 Å². The number of methoxy groups -OCH3 is 1. The summed E-state index contributed by atoms with van der Waals surface area (Å²) in [7, 11) is 1.14. The van der Waals surface area contributed by atoms with E-state index in [-0.39, 0.29) is 16.8 Å². The Labute approximate surface area is 198 Å². The van der Waals surface area contributed by atoms with Gasteiger partial charge in [0.05, 0.1) is 35.7 Å². The molecule has 180 valence electrons. The maximum absolute atomic E-state index is 13.2. The van der Waals surface area contributed by atoms with Crippen molar-refractivity contribution in [3.8, 4) is 0 Å². The Hall–Kier alpha value is -4.47. The highest BCUT2D eigenvalue weighted by Crippen LogP contribution is 2.31. The molecule has 0 heterocycles. The van der Waals surface area contributed by atoms with Gasteiger partial charge in [-0.25, -0.2) is 9.59 Å². The Kier molecular flexibility index (Phi) is 7.98. The van der Waals surface area contributed by atoms with Crippen LogP contribution in [0, 0.1) is 0 Å². The quantitative estimate of drug-likeness (QED) is 0.275. The summed E-state index contributed by atoms with van der Waals surface area (Å²) in [5.74, 6) is -2.68. The minimum absolute atomic E-state index is 0.0655. The smallest absolute Gasteiger partial charge is 0.416 e. The van der Waals surface area contributed by atoms with Gasteiger partial charge in [0.25, 0.3) is 5.91 Å². The van der Waals surface area contributed by atoms with Gasteiger partial charge in [0, 0.05) is 0 Å². The Morgan fingerprint density at radius 2 is 1.51 bits per heavy atom. The summed E-state index contributed by atoms with van der Waals surface area (Å²) in [6, 6.07) is 18.3. The topological polar surface area (TPSA) is 85.3 Å². The monoisotopic (exact) mass is 484 g/mol. The molecule has 0 aliphatic carbocycles. The Balaban J connectivity index is 1.86. The van der Waals surface area contributed by atoms with Crippen molar-refractivity contribution in [3.05, 3.63) is 101 Å². The predicted octanol–water partition coefficient (Wildman–Crippen LogP) is 4.72. The lowest BCUT2D eigenvalue weighted by Gasteiger charge is -2.19. The van der Waals surface area contributed by atoms with E-state index in [1.165, 1.54) is 36.5 Å². The number of halogens is 3. The van der Waals surface area contributed by atoms with Gasteiger partial charge >= 0.3 is 18.1 Å². The number of nitrogens with zero attached hydrogens (tertiary/aromatic N) is 2. The van der Waals surface area contributed by atoms with Gasteiger partial charge in [-0.05, 0) is 35.9 Å². The van der Waals surface area contributed by atoms with Crippen molar-refractivity contribution in [1.29, 1.82) is 0 Å². The number of hydrazone groups is 1. The fraction of sp³-hybridized carbons (Fsp3) is 0.120. The summed E-state index contributed by atoms with van der Waals surface area (Å²) in [5.41, 5.74) is -0.772. The lowest BCUT2D eigenvalue weighted by Crippen LogP contribution is -2.31. The lowest BCUT2D eigenvalue weighted by atomic mass is 10.1. The molecule has 3 aromatic carbocycles. The molecule has 10 heteroatoms. The van der Waals surface area contributed by atoms with Gasteiger partial charge in [-0.15, -0.1) is 0 Å². The molecular formula is C25H19F3N2O5. The second-order valence-electron chi connectivity index (χ2n) is 7.02. The number of carbonyl (C=O) groups excluding carboxylic acids is 3. The number of ether oxygens (including phenoxy) is 2. The summed E-state index contributed by atoms with van der Waals surface area (Å²) < 4.78 is 49.3. The largest absolute Gasteiger partial charge is 0.465 e. The van der Waals surface area contributed by atoms with E-state index in [4.69, 9.17) is 4.74 Å². The van der Waals surface area contributed by atoms with E-state index in [0.717, 1.165) is 25.3 Å². The van der Waals surface area contributed by atoms with E-state index in [2.05, 4.69) is 9.84 Å². The molecule has 35 heavy (non-hydrogen) atoms. The van der Waals surface area contributed by atoms with Crippen molar-refractivity contribution in [2.45, 2.75) is 6.18 Å². The third kappa shape index (κ3) is 6.53. The molecule has 0 saturated carbocycles. The van der Waals surface area contributed by atoms with Crippen LogP contribution in [-0.2, 0) is 20.4 Å². The number of anilines is 1. The maximum Gasteiger partial charge on any atom is 0.416 e. The first kappa shape index (κ1) is 25.2. The molecular weight excluding hydrogens is 465 g/mol. The van der Waals surface area contributed by atoms with Crippen LogP contribution < -0.4 is 5.01 Å². The van der Waals surface area contributed by atoms with Crippen LogP contribution >= 0.6 is 0 Å². The zero-order valence-electron chi connectivity index (χ0n) is 18.4.